The number of hydrogen-bond donors (Lipinski definition) is 1. The molecule has 1 rings (SSSR count). The van der Waals surface area contributed by atoms with E-state index in [2.05, 4.69) is 18.3 Å². The molecule has 3 heteroatoms. The number of rotatable bonds is 23. The zero-order valence-corrected chi connectivity index (χ0v) is 20.6. The summed E-state index contributed by atoms with van der Waals surface area (Å²) in [6, 6.07) is 0. The van der Waals surface area contributed by atoms with Gasteiger partial charge >= 0.3 is 0 Å². The van der Waals surface area contributed by atoms with Gasteiger partial charge in [0.2, 0.25) is 0 Å². The van der Waals surface area contributed by atoms with Gasteiger partial charge in [-0.15, -0.1) is 0 Å². The number of quaternary nitrogens is 1. The van der Waals surface area contributed by atoms with Crippen molar-refractivity contribution in [2.45, 2.75) is 135 Å². The van der Waals surface area contributed by atoms with Gasteiger partial charge in [0.15, 0.2) is 6.34 Å². The average molecular weight is 424 g/mol. The van der Waals surface area contributed by atoms with Crippen molar-refractivity contribution in [3.63, 3.8) is 0 Å². The van der Waals surface area contributed by atoms with E-state index in [-0.39, 0.29) is 6.61 Å². The van der Waals surface area contributed by atoms with Crippen molar-refractivity contribution in [3.05, 3.63) is 0 Å². The van der Waals surface area contributed by atoms with E-state index in [4.69, 9.17) is 0 Å². The molecule has 0 spiro atoms. The van der Waals surface area contributed by atoms with Crippen molar-refractivity contribution in [1.29, 1.82) is 0 Å². The fraction of sp³-hybridized carbons (Fsp3) is 0.963. The largest absolute Gasteiger partial charge is 0.390 e. The molecule has 0 aliphatic carbocycles. The van der Waals surface area contributed by atoms with Gasteiger partial charge in [-0.25, -0.2) is 4.99 Å². The van der Waals surface area contributed by atoms with Crippen LogP contribution in [0.2, 0.25) is 0 Å². The third-order valence-corrected chi connectivity index (χ3v) is 7.00. The molecule has 0 bridgehead atoms. The molecule has 0 saturated heterocycles. The van der Waals surface area contributed by atoms with E-state index >= 15 is 0 Å². The van der Waals surface area contributed by atoms with Gasteiger partial charge in [-0.3, -0.25) is 4.48 Å². The summed E-state index contributed by atoms with van der Waals surface area (Å²) < 4.78 is 0.926. The number of nitrogens with zero attached hydrogens (tertiary/aromatic N) is 2. The Morgan fingerprint density at radius 1 is 0.600 bits per heavy atom. The van der Waals surface area contributed by atoms with Gasteiger partial charge in [-0.1, -0.05) is 122 Å². The van der Waals surface area contributed by atoms with Crippen LogP contribution in [0.15, 0.2) is 4.99 Å². The van der Waals surface area contributed by atoms with Gasteiger partial charge in [0.25, 0.3) is 0 Å². The lowest BCUT2D eigenvalue weighted by molar-refractivity contribution is -0.829. The Hall–Kier alpha value is -0.410. The van der Waals surface area contributed by atoms with E-state index in [0.717, 1.165) is 24.1 Å². The van der Waals surface area contributed by atoms with Crippen LogP contribution < -0.4 is 0 Å². The minimum Gasteiger partial charge on any atom is -0.390 e. The Kier molecular flexibility index (Phi) is 18.9. The zero-order chi connectivity index (χ0) is 21.6. The van der Waals surface area contributed by atoms with Gasteiger partial charge in [0.1, 0.15) is 13.1 Å². The van der Waals surface area contributed by atoms with Gasteiger partial charge in [-0.2, -0.15) is 0 Å². The minimum atomic E-state index is 0.283. The minimum absolute atomic E-state index is 0.283. The molecule has 0 radical (unpaired) electrons. The summed E-state index contributed by atoms with van der Waals surface area (Å²) in [4.78, 5) is 4.39. The summed E-state index contributed by atoms with van der Waals surface area (Å²) in [6.07, 6.45) is 30.8. The van der Waals surface area contributed by atoms with E-state index in [1.54, 1.807) is 0 Å². The molecule has 1 unspecified atom stereocenters. The predicted molar refractivity (Wildman–Crippen MR) is 133 cm³/mol. The Labute approximate surface area is 189 Å². The van der Waals surface area contributed by atoms with Crippen molar-refractivity contribution < 1.29 is 9.59 Å². The molecule has 1 heterocycles. The van der Waals surface area contributed by atoms with Crippen LogP contribution in [0.5, 0.6) is 0 Å². The topological polar surface area (TPSA) is 32.6 Å². The lowest BCUT2D eigenvalue weighted by Crippen LogP contribution is -2.48. The molecular weight excluding hydrogens is 368 g/mol. The van der Waals surface area contributed by atoms with Crippen LogP contribution in [-0.4, -0.2) is 48.7 Å². The highest BCUT2D eigenvalue weighted by Gasteiger charge is 2.27. The molecule has 30 heavy (non-hydrogen) atoms. The molecule has 0 aromatic rings. The van der Waals surface area contributed by atoms with Crippen molar-refractivity contribution in [2.75, 3.05) is 32.8 Å². The van der Waals surface area contributed by atoms with Crippen molar-refractivity contribution in [2.24, 2.45) is 4.99 Å². The van der Waals surface area contributed by atoms with Gasteiger partial charge in [0, 0.05) is 0 Å². The molecular formula is C27H55N2O+. The monoisotopic (exact) mass is 423 g/mol. The van der Waals surface area contributed by atoms with Gasteiger partial charge in [0.05, 0.1) is 19.7 Å². The second-order valence-electron chi connectivity index (χ2n) is 9.85. The lowest BCUT2D eigenvalue weighted by Gasteiger charge is -2.29. The van der Waals surface area contributed by atoms with E-state index in [0.29, 0.717) is 0 Å². The summed E-state index contributed by atoms with van der Waals surface area (Å²) >= 11 is 0. The number of aliphatic hydroxyl groups is 1. The van der Waals surface area contributed by atoms with E-state index < -0.39 is 0 Å². The van der Waals surface area contributed by atoms with Crippen LogP contribution in [0.4, 0.5) is 0 Å². The summed E-state index contributed by atoms with van der Waals surface area (Å²) in [5, 5.41) is 9.28. The molecule has 1 atom stereocenters. The molecule has 0 amide bonds. The predicted octanol–water partition coefficient (Wildman–Crippen LogP) is 7.66. The molecule has 0 saturated carbocycles. The molecule has 0 aromatic heterocycles. The van der Waals surface area contributed by atoms with Crippen molar-refractivity contribution in [1.82, 2.24) is 0 Å². The maximum absolute atomic E-state index is 9.28. The van der Waals surface area contributed by atoms with E-state index in [9.17, 15) is 5.11 Å². The highest BCUT2D eigenvalue weighted by molar-refractivity contribution is 5.48. The molecule has 178 valence electrons. The smallest absolute Gasteiger partial charge is 0.185 e. The number of aliphatic hydroxyl groups excluding tert-OH is 1. The third kappa shape index (κ3) is 15.4. The number of unbranched alkanes of at least 4 members (excludes halogenated alkanes) is 19. The molecule has 1 aliphatic rings. The summed E-state index contributed by atoms with van der Waals surface area (Å²) in [6.45, 7) is 6.64. The first-order valence-corrected chi connectivity index (χ1v) is 13.8. The van der Waals surface area contributed by atoms with Crippen LogP contribution in [-0.2, 0) is 0 Å². The Balaban J connectivity index is 1.72. The Morgan fingerprint density at radius 3 is 1.33 bits per heavy atom. The Morgan fingerprint density at radius 2 is 1.00 bits per heavy atom. The molecule has 0 fully saturated rings. The average Bonchev–Trinajstić information content (AvgIpc) is 3.21. The first kappa shape index (κ1) is 27.6. The van der Waals surface area contributed by atoms with Crippen LogP contribution in [0.25, 0.3) is 0 Å². The maximum Gasteiger partial charge on any atom is 0.185 e. The van der Waals surface area contributed by atoms with Crippen LogP contribution >= 0.6 is 0 Å². The fourth-order valence-electron chi connectivity index (χ4n) is 4.88. The fourth-order valence-corrected chi connectivity index (χ4v) is 4.88. The SMILES string of the molecule is CCCCCCCCCCCCCCCCCCCCCC[N+]1(CCO)C=NCC1. The standard InChI is InChI=1S/C27H55N2O/c1-2-3-4-5-6-7-8-9-10-11-12-13-14-15-16-17-18-19-20-21-23-29(25-26-30)24-22-28-27-29/h27,30H,2-26H2,1H3/q+1. The quantitative estimate of drug-likeness (QED) is 0.133. The summed E-state index contributed by atoms with van der Waals surface area (Å²) in [5.41, 5.74) is 0. The summed E-state index contributed by atoms with van der Waals surface area (Å²) in [5.74, 6) is 0. The first-order chi connectivity index (χ1) is 14.8. The van der Waals surface area contributed by atoms with Crippen LogP contribution in [0.3, 0.4) is 0 Å². The van der Waals surface area contributed by atoms with E-state index in [1.165, 1.54) is 135 Å². The second kappa shape index (κ2) is 20.5. The highest BCUT2D eigenvalue weighted by Crippen LogP contribution is 2.16. The zero-order valence-electron chi connectivity index (χ0n) is 20.6. The van der Waals surface area contributed by atoms with Crippen molar-refractivity contribution in [3.8, 4) is 0 Å². The Bertz CT molecular complexity index is 385. The number of aliphatic imine (C=N–C) groups is 1. The maximum atomic E-state index is 9.28. The number of hydrogen-bond acceptors (Lipinski definition) is 2. The van der Waals surface area contributed by atoms with Crippen LogP contribution in [0, 0.1) is 0 Å². The normalized spacial score (nSPS) is 18.5. The first-order valence-electron chi connectivity index (χ1n) is 13.8. The molecule has 1 aliphatic heterocycles. The molecule has 3 nitrogen and oxygen atoms in total. The highest BCUT2D eigenvalue weighted by atomic mass is 16.3. The summed E-state index contributed by atoms with van der Waals surface area (Å²) in [7, 11) is 0. The molecule has 1 N–H and O–H groups in total. The van der Waals surface area contributed by atoms with E-state index in [1.807, 2.05) is 0 Å². The second-order valence-corrected chi connectivity index (χ2v) is 9.85. The third-order valence-electron chi connectivity index (χ3n) is 7.00. The van der Waals surface area contributed by atoms with Crippen molar-refractivity contribution >= 4 is 6.34 Å². The van der Waals surface area contributed by atoms with Gasteiger partial charge < -0.3 is 5.11 Å². The van der Waals surface area contributed by atoms with Crippen LogP contribution in [0.1, 0.15) is 135 Å². The van der Waals surface area contributed by atoms with Gasteiger partial charge in [-0.05, 0) is 12.8 Å². The molecule has 0 aromatic carbocycles. The lowest BCUT2D eigenvalue weighted by atomic mass is 10.0.